The Hall–Kier alpha value is -1.17. The minimum Gasteiger partial charge on any atom is -0.377 e. The van der Waals surface area contributed by atoms with Crippen molar-refractivity contribution in [2.24, 2.45) is 5.73 Å². The minimum atomic E-state index is -0.317. The van der Waals surface area contributed by atoms with Gasteiger partial charge in [-0.05, 0) is 31.2 Å². The quantitative estimate of drug-likeness (QED) is 0.784. The van der Waals surface area contributed by atoms with E-state index < -0.39 is 0 Å². The maximum atomic E-state index is 10.9. The normalized spacial score (nSPS) is 12.1. The van der Waals surface area contributed by atoms with Crippen LogP contribution in [0.25, 0.3) is 0 Å². The molecule has 0 aliphatic rings. The number of nitrogens with one attached hydrogen (secondary N) is 1. The molecule has 3 N–H and O–H groups in total. The molecule has 1 unspecified atom stereocenters. The molecule has 1 aromatic carbocycles. The van der Waals surface area contributed by atoms with Gasteiger partial charge in [0.15, 0.2) is 0 Å². The molecule has 0 spiro atoms. The van der Waals surface area contributed by atoms with Gasteiger partial charge in [0.25, 0.3) is 0 Å². The smallest absolute Gasteiger partial charge is 0.227 e. The summed E-state index contributed by atoms with van der Waals surface area (Å²) in [6.45, 7) is 2.08. The number of thiophene rings is 1. The van der Waals surface area contributed by atoms with Crippen LogP contribution in [0.4, 0.5) is 5.69 Å². The van der Waals surface area contributed by atoms with Gasteiger partial charge in [-0.1, -0.05) is 23.7 Å². The summed E-state index contributed by atoms with van der Waals surface area (Å²) in [6, 6.07) is 11.9. The average molecular weight is 327 g/mol. The number of benzene rings is 1. The number of carbonyl (C=O) groups excluding carboxylic acids is 1. The number of anilines is 1. The highest BCUT2D eigenvalue weighted by Crippen LogP contribution is 2.32. The largest absolute Gasteiger partial charge is 0.377 e. The lowest BCUT2D eigenvalue weighted by Crippen LogP contribution is -2.13. The van der Waals surface area contributed by atoms with Gasteiger partial charge in [0.1, 0.15) is 0 Å². The van der Waals surface area contributed by atoms with Crippen LogP contribution >= 0.6 is 34.7 Å². The lowest BCUT2D eigenvalue weighted by atomic mass is 10.2. The van der Waals surface area contributed by atoms with Gasteiger partial charge in [0.2, 0.25) is 5.91 Å². The van der Waals surface area contributed by atoms with Gasteiger partial charge in [0.05, 0.1) is 16.1 Å². The maximum absolute atomic E-state index is 10.9. The summed E-state index contributed by atoms with van der Waals surface area (Å²) in [7, 11) is 0. The first-order valence-electron chi connectivity index (χ1n) is 6.08. The van der Waals surface area contributed by atoms with Gasteiger partial charge in [-0.15, -0.1) is 23.1 Å². The van der Waals surface area contributed by atoms with Crippen LogP contribution in [0.3, 0.4) is 0 Å². The van der Waals surface area contributed by atoms with Crippen LogP contribution in [-0.2, 0) is 4.79 Å². The summed E-state index contributed by atoms with van der Waals surface area (Å²) < 4.78 is 0.782. The Bertz CT molecular complexity index is 600. The van der Waals surface area contributed by atoms with E-state index in [9.17, 15) is 4.79 Å². The Kier molecular flexibility index (Phi) is 5.34. The third-order valence-electron chi connectivity index (χ3n) is 2.65. The molecule has 0 fully saturated rings. The maximum Gasteiger partial charge on any atom is 0.227 e. The lowest BCUT2D eigenvalue weighted by molar-refractivity contribution is -0.115. The van der Waals surface area contributed by atoms with E-state index in [0.717, 1.165) is 14.9 Å². The SMILES string of the molecule is CC(Nc1ccccc1SCC(N)=O)c1ccc(Cl)s1. The monoisotopic (exact) mass is 326 g/mol. The number of carbonyl (C=O) groups is 1. The minimum absolute atomic E-state index is 0.155. The van der Waals surface area contributed by atoms with Crippen molar-refractivity contribution in [2.45, 2.75) is 17.9 Å². The molecular formula is C14H15ClN2OS2. The van der Waals surface area contributed by atoms with Crippen LogP contribution in [0.1, 0.15) is 17.8 Å². The number of para-hydroxylation sites is 1. The Morgan fingerprint density at radius 3 is 2.80 bits per heavy atom. The zero-order valence-electron chi connectivity index (χ0n) is 10.9. The topological polar surface area (TPSA) is 55.1 Å². The molecule has 1 heterocycles. The van der Waals surface area contributed by atoms with E-state index in [1.54, 1.807) is 11.3 Å². The molecule has 0 aliphatic carbocycles. The van der Waals surface area contributed by atoms with E-state index >= 15 is 0 Å². The number of nitrogens with two attached hydrogens (primary N) is 1. The fourth-order valence-electron chi connectivity index (χ4n) is 1.73. The highest BCUT2D eigenvalue weighted by atomic mass is 35.5. The summed E-state index contributed by atoms with van der Waals surface area (Å²) >= 11 is 8.96. The summed E-state index contributed by atoms with van der Waals surface area (Å²) in [4.78, 5) is 13.1. The van der Waals surface area contributed by atoms with Crippen LogP contribution in [0.2, 0.25) is 4.34 Å². The molecule has 0 aliphatic heterocycles. The zero-order valence-corrected chi connectivity index (χ0v) is 13.3. The number of hydrogen-bond acceptors (Lipinski definition) is 4. The molecule has 106 valence electrons. The fourth-order valence-corrected chi connectivity index (χ4v) is 3.54. The van der Waals surface area contributed by atoms with Crippen LogP contribution in [0.5, 0.6) is 0 Å². The van der Waals surface area contributed by atoms with Gasteiger partial charge in [0, 0.05) is 15.5 Å². The first-order valence-corrected chi connectivity index (χ1v) is 8.26. The third kappa shape index (κ3) is 4.16. The van der Waals surface area contributed by atoms with Crippen molar-refractivity contribution in [1.29, 1.82) is 0 Å². The highest BCUT2D eigenvalue weighted by Gasteiger charge is 2.11. The molecular weight excluding hydrogens is 312 g/mol. The van der Waals surface area contributed by atoms with Crippen molar-refractivity contribution in [1.82, 2.24) is 0 Å². The molecule has 2 rings (SSSR count). The molecule has 6 heteroatoms. The molecule has 1 amide bonds. The first-order chi connectivity index (χ1) is 9.56. The van der Waals surface area contributed by atoms with Crippen molar-refractivity contribution >= 4 is 46.3 Å². The van der Waals surface area contributed by atoms with Crippen molar-refractivity contribution < 1.29 is 4.79 Å². The third-order valence-corrected chi connectivity index (χ3v) is 5.16. The molecule has 1 atom stereocenters. The van der Waals surface area contributed by atoms with Gasteiger partial charge in [-0.3, -0.25) is 4.79 Å². The number of primary amides is 1. The Labute approximate surface area is 131 Å². The van der Waals surface area contributed by atoms with Crippen LogP contribution < -0.4 is 11.1 Å². The Morgan fingerprint density at radius 2 is 2.15 bits per heavy atom. The van der Waals surface area contributed by atoms with E-state index in [1.807, 2.05) is 36.4 Å². The van der Waals surface area contributed by atoms with Gasteiger partial charge >= 0.3 is 0 Å². The van der Waals surface area contributed by atoms with Gasteiger partial charge in [-0.2, -0.15) is 0 Å². The fraction of sp³-hybridized carbons (Fsp3) is 0.214. The van der Waals surface area contributed by atoms with E-state index in [0.29, 0.717) is 0 Å². The number of hydrogen-bond donors (Lipinski definition) is 2. The Morgan fingerprint density at radius 1 is 1.40 bits per heavy atom. The second kappa shape index (κ2) is 7.02. The van der Waals surface area contributed by atoms with E-state index in [2.05, 4.69) is 12.2 Å². The van der Waals surface area contributed by atoms with E-state index in [-0.39, 0.29) is 17.7 Å². The van der Waals surface area contributed by atoms with Crippen LogP contribution in [0, 0.1) is 0 Å². The second-order valence-corrected chi connectivity index (χ2v) is 7.02. The highest BCUT2D eigenvalue weighted by molar-refractivity contribution is 8.00. The average Bonchev–Trinajstić information content (AvgIpc) is 2.84. The lowest BCUT2D eigenvalue weighted by Gasteiger charge is -2.16. The number of rotatable bonds is 6. The second-order valence-electron chi connectivity index (χ2n) is 4.26. The van der Waals surface area contributed by atoms with Crippen molar-refractivity contribution in [3.63, 3.8) is 0 Å². The number of halogens is 1. The zero-order chi connectivity index (χ0) is 14.5. The van der Waals surface area contributed by atoms with E-state index in [4.69, 9.17) is 17.3 Å². The summed E-state index contributed by atoms with van der Waals surface area (Å²) in [5, 5.41) is 3.44. The van der Waals surface area contributed by atoms with E-state index in [1.165, 1.54) is 16.6 Å². The van der Waals surface area contributed by atoms with Gasteiger partial charge in [-0.25, -0.2) is 0 Å². The summed E-state index contributed by atoms with van der Waals surface area (Å²) in [5.41, 5.74) is 6.19. The standard InChI is InChI=1S/C14H15ClN2OS2/c1-9(11-6-7-13(15)20-11)17-10-4-2-3-5-12(10)19-8-14(16)18/h2-7,9,17H,8H2,1H3,(H2,16,18). The van der Waals surface area contributed by atoms with Crippen molar-refractivity contribution in [3.8, 4) is 0 Å². The molecule has 20 heavy (non-hydrogen) atoms. The predicted molar refractivity (Wildman–Crippen MR) is 87.7 cm³/mol. The molecule has 0 saturated carbocycles. The number of amides is 1. The predicted octanol–water partition coefficient (Wildman–Crippen LogP) is 4.15. The molecule has 3 nitrogen and oxygen atoms in total. The molecule has 1 aromatic heterocycles. The van der Waals surface area contributed by atoms with Crippen LogP contribution in [-0.4, -0.2) is 11.7 Å². The molecule has 0 saturated heterocycles. The van der Waals surface area contributed by atoms with Crippen LogP contribution in [0.15, 0.2) is 41.3 Å². The first kappa shape index (κ1) is 15.2. The summed E-state index contributed by atoms with van der Waals surface area (Å²) in [6.07, 6.45) is 0. The van der Waals surface area contributed by atoms with Gasteiger partial charge < -0.3 is 11.1 Å². The van der Waals surface area contributed by atoms with Crippen molar-refractivity contribution in [2.75, 3.05) is 11.1 Å². The molecule has 0 bridgehead atoms. The molecule has 2 aromatic rings. The molecule has 0 radical (unpaired) electrons. The summed E-state index contributed by atoms with van der Waals surface area (Å²) in [5.74, 6) is -0.0411. The van der Waals surface area contributed by atoms with Crippen molar-refractivity contribution in [3.05, 3.63) is 45.6 Å². The number of thioether (sulfide) groups is 1. The Balaban J connectivity index is 2.10.